The predicted molar refractivity (Wildman–Crippen MR) is 79.4 cm³/mol. The van der Waals surface area contributed by atoms with Crippen molar-refractivity contribution < 1.29 is 13.9 Å². The lowest BCUT2D eigenvalue weighted by Gasteiger charge is -2.31. The van der Waals surface area contributed by atoms with Gasteiger partial charge in [-0.05, 0) is 6.07 Å². The molecular weight excluding hydrogens is 298 g/mol. The molecule has 1 atom stereocenters. The van der Waals surface area contributed by atoms with Gasteiger partial charge < -0.3 is 14.1 Å². The highest BCUT2D eigenvalue weighted by molar-refractivity contribution is 5.87. The molecule has 1 N–H and O–H groups in total. The molecular formula is C15H15N5O3. The number of hydrogen-bond donors (Lipinski definition) is 1. The lowest BCUT2D eigenvalue weighted by atomic mass is 10.1. The fraction of sp³-hybridized carbons (Fsp3) is 0.333. The zero-order valence-corrected chi connectivity index (χ0v) is 12.3. The fourth-order valence-electron chi connectivity index (χ4n) is 2.78. The van der Waals surface area contributed by atoms with Crippen molar-refractivity contribution >= 4 is 16.9 Å². The molecule has 1 aliphatic rings. The number of aromatic nitrogens is 4. The molecule has 1 fully saturated rings. The standard InChI is InChI=1S/C15H15N5O3/c21-14(7-10-9-23-12-4-2-1-3-11(10)12)20-5-6-22-13(8-20)15-16-18-19-17-15/h1-4,9,13H,5-8H2,(H,16,17,18,19). The molecule has 8 heteroatoms. The largest absolute Gasteiger partial charge is 0.464 e. The summed E-state index contributed by atoms with van der Waals surface area (Å²) in [5.74, 6) is 0.504. The smallest absolute Gasteiger partial charge is 0.227 e. The number of morpholine rings is 1. The van der Waals surface area contributed by atoms with E-state index in [0.717, 1.165) is 16.5 Å². The van der Waals surface area contributed by atoms with Crippen LogP contribution in [0.5, 0.6) is 0 Å². The average molecular weight is 313 g/mol. The van der Waals surface area contributed by atoms with Crippen LogP contribution < -0.4 is 0 Å². The van der Waals surface area contributed by atoms with Crippen molar-refractivity contribution in [1.29, 1.82) is 0 Å². The van der Waals surface area contributed by atoms with Crippen molar-refractivity contribution in [3.63, 3.8) is 0 Å². The van der Waals surface area contributed by atoms with Crippen LogP contribution in [0.2, 0.25) is 0 Å². The molecule has 1 amide bonds. The SMILES string of the molecule is O=C(Cc1coc2ccccc12)N1CCOC(c2nn[nH]n2)C1. The highest BCUT2D eigenvalue weighted by Gasteiger charge is 2.28. The van der Waals surface area contributed by atoms with Gasteiger partial charge in [0.05, 0.1) is 25.8 Å². The first kappa shape index (κ1) is 13.9. The second-order valence-electron chi connectivity index (χ2n) is 5.40. The summed E-state index contributed by atoms with van der Waals surface area (Å²) < 4.78 is 11.1. The number of ether oxygens (including phenoxy) is 1. The Balaban J connectivity index is 1.48. The van der Waals surface area contributed by atoms with Crippen molar-refractivity contribution in [2.24, 2.45) is 0 Å². The van der Waals surface area contributed by atoms with Crippen LogP contribution in [-0.2, 0) is 16.0 Å². The maximum absolute atomic E-state index is 12.6. The molecule has 0 spiro atoms. The van der Waals surface area contributed by atoms with Crippen LogP contribution in [0, 0.1) is 0 Å². The van der Waals surface area contributed by atoms with E-state index in [2.05, 4.69) is 20.6 Å². The molecule has 4 rings (SSSR count). The van der Waals surface area contributed by atoms with Gasteiger partial charge >= 0.3 is 0 Å². The van der Waals surface area contributed by atoms with Crippen LogP contribution in [0.15, 0.2) is 34.9 Å². The van der Waals surface area contributed by atoms with Crippen molar-refractivity contribution in [3.05, 3.63) is 41.9 Å². The summed E-state index contributed by atoms with van der Waals surface area (Å²) in [6, 6.07) is 7.70. The minimum atomic E-state index is -0.340. The maximum atomic E-state index is 12.6. The van der Waals surface area contributed by atoms with Crippen LogP contribution in [0.3, 0.4) is 0 Å². The number of rotatable bonds is 3. The van der Waals surface area contributed by atoms with Gasteiger partial charge in [0, 0.05) is 17.5 Å². The number of carbonyl (C=O) groups is 1. The van der Waals surface area contributed by atoms with E-state index in [1.807, 2.05) is 24.3 Å². The molecule has 8 nitrogen and oxygen atoms in total. The minimum Gasteiger partial charge on any atom is -0.464 e. The summed E-state index contributed by atoms with van der Waals surface area (Å²) >= 11 is 0. The number of benzene rings is 1. The number of nitrogens with one attached hydrogen (secondary N) is 1. The van der Waals surface area contributed by atoms with E-state index in [0.29, 0.717) is 31.9 Å². The lowest BCUT2D eigenvalue weighted by molar-refractivity contribution is -0.138. The summed E-state index contributed by atoms with van der Waals surface area (Å²) in [6.07, 6.45) is 1.61. The highest BCUT2D eigenvalue weighted by atomic mass is 16.5. The number of hydrogen-bond acceptors (Lipinski definition) is 6. The molecule has 1 aliphatic heterocycles. The van der Waals surface area contributed by atoms with Gasteiger partial charge in [0.1, 0.15) is 11.7 Å². The van der Waals surface area contributed by atoms with Crippen molar-refractivity contribution in [1.82, 2.24) is 25.5 Å². The number of nitrogens with zero attached hydrogens (tertiary/aromatic N) is 4. The summed E-state index contributed by atoms with van der Waals surface area (Å²) in [4.78, 5) is 14.4. The van der Waals surface area contributed by atoms with Crippen LogP contribution in [0.4, 0.5) is 0 Å². The van der Waals surface area contributed by atoms with E-state index < -0.39 is 0 Å². The second kappa shape index (κ2) is 5.81. The Bertz CT molecular complexity index is 814. The number of para-hydroxylation sites is 1. The Morgan fingerprint density at radius 2 is 2.30 bits per heavy atom. The van der Waals surface area contributed by atoms with Crippen molar-refractivity contribution in [3.8, 4) is 0 Å². The molecule has 1 aromatic carbocycles. The van der Waals surface area contributed by atoms with Crippen molar-refractivity contribution in [2.45, 2.75) is 12.5 Å². The van der Waals surface area contributed by atoms with E-state index >= 15 is 0 Å². The topological polar surface area (TPSA) is 97.1 Å². The quantitative estimate of drug-likeness (QED) is 0.777. The third-order valence-electron chi connectivity index (χ3n) is 3.97. The lowest BCUT2D eigenvalue weighted by Crippen LogP contribution is -2.43. The van der Waals surface area contributed by atoms with Crippen LogP contribution in [-0.4, -0.2) is 51.1 Å². The zero-order valence-electron chi connectivity index (χ0n) is 12.3. The minimum absolute atomic E-state index is 0.0355. The number of H-pyrrole nitrogens is 1. The summed E-state index contributed by atoms with van der Waals surface area (Å²) in [6.45, 7) is 1.44. The molecule has 2 aromatic heterocycles. The summed E-state index contributed by atoms with van der Waals surface area (Å²) in [5, 5.41) is 14.8. The first-order valence-corrected chi connectivity index (χ1v) is 7.39. The third kappa shape index (κ3) is 2.68. The zero-order chi connectivity index (χ0) is 15.6. The van der Waals surface area contributed by atoms with E-state index in [1.165, 1.54) is 0 Å². The monoisotopic (exact) mass is 313 g/mol. The first-order chi connectivity index (χ1) is 11.3. The molecule has 0 aliphatic carbocycles. The second-order valence-corrected chi connectivity index (χ2v) is 5.40. The van der Waals surface area contributed by atoms with Gasteiger partial charge in [-0.15, -0.1) is 10.2 Å². The molecule has 0 saturated carbocycles. The Morgan fingerprint density at radius 1 is 1.39 bits per heavy atom. The number of furan rings is 1. The van der Waals surface area contributed by atoms with E-state index in [1.54, 1.807) is 11.2 Å². The molecule has 0 bridgehead atoms. The van der Waals surface area contributed by atoms with Gasteiger partial charge in [0.2, 0.25) is 11.7 Å². The normalized spacial score (nSPS) is 18.4. The van der Waals surface area contributed by atoms with Gasteiger partial charge in [-0.1, -0.05) is 23.4 Å². The molecule has 1 saturated heterocycles. The molecule has 118 valence electrons. The van der Waals surface area contributed by atoms with Crippen molar-refractivity contribution in [2.75, 3.05) is 19.7 Å². The first-order valence-electron chi connectivity index (χ1n) is 7.39. The molecule has 0 radical (unpaired) electrons. The van der Waals surface area contributed by atoms with E-state index in [4.69, 9.17) is 9.15 Å². The van der Waals surface area contributed by atoms with E-state index in [9.17, 15) is 4.79 Å². The highest BCUT2D eigenvalue weighted by Crippen LogP contribution is 2.23. The Morgan fingerprint density at radius 3 is 3.17 bits per heavy atom. The van der Waals surface area contributed by atoms with Gasteiger partial charge in [0.25, 0.3) is 0 Å². The van der Waals surface area contributed by atoms with Crippen LogP contribution in [0.25, 0.3) is 11.0 Å². The third-order valence-corrected chi connectivity index (χ3v) is 3.97. The Kier molecular flexibility index (Phi) is 3.51. The predicted octanol–water partition coefficient (Wildman–Crippen LogP) is 1.09. The number of fused-ring (bicyclic) bond motifs is 1. The number of carbonyl (C=O) groups excluding carboxylic acids is 1. The van der Waals surface area contributed by atoms with Gasteiger partial charge in [-0.2, -0.15) is 5.21 Å². The molecule has 1 unspecified atom stereocenters. The van der Waals surface area contributed by atoms with Gasteiger partial charge in [-0.25, -0.2) is 0 Å². The molecule has 3 aromatic rings. The Labute approximate surface area is 131 Å². The summed E-state index contributed by atoms with van der Waals surface area (Å²) in [5.41, 5.74) is 1.69. The fourth-order valence-corrected chi connectivity index (χ4v) is 2.78. The number of aromatic amines is 1. The molecule has 3 heterocycles. The van der Waals surface area contributed by atoms with Gasteiger partial charge in [-0.3, -0.25) is 4.79 Å². The van der Waals surface area contributed by atoms with E-state index in [-0.39, 0.29) is 12.0 Å². The Hall–Kier alpha value is -2.74. The van der Waals surface area contributed by atoms with Crippen LogP contribution in [0.1, 0.15) is 17.5 Å². The van der Waals surface area contributed by atoms with Gasteiger partial charge in [0.15, 0.2) is 0 Å². The van der Waals surface area contributed by atoms with Crippen LogP contribution >= 0.6 is 0 Å². The molecule has 23 heavy (non-hydrogen) atoms. The number of amides is 1. The average Bonchev–Trinajstić information content (AvgIpc) is 3.25. The maximum Gasteiger partial charge on any atom is 0.227 e. The summed E-state index contributed by atoms with van der Waals surface area (Å²) in [7, 11) is 0. The number of tetrazole rings is 1.